The smallest absolute Gasteiger partial charge is 0.338 e. The Morgan fingerprint density at radius 3 is 2.74 bits per heavy atom. The molecule has 0 unspecified atom stereocenters. The van der Waals surface area contributed by atoms with Gasteiger partial charge in [-0.05, 0) is 49.2 Å². The molecule has 7 heteroatoms. The first-order chi connectivity index (χ1) is 13.0. The van der Waals surface area contributed by atoms with Gasteiger partial charge >= 0.3 is 5.97 Å². The number of carbonyl (C=O) groups is 3. The molecular weight excluding hydrogens is 368 g/mol. The molecule has 0 saturated carbocycles. The van der Waals surface area contributed by atoms with Crippen LogP contribution in [0.2, 0.25) is 5.02 Å². The number of amides is 2. The molecule has 1 aliphatic rings. The molecule has 6 nitrogen and oxygen atoms in total. The van der Waals surface area contributed by atoms with E-state index < -0.39 is 18.5 Å². The largest absolute Gasteiger partial charge is 0.452 e. The van der Waals surface area contributed by atoms with Gasteiger partial charge in [0.1, 0.15) is 0 Å². The van der Waals surface area contributed by atoms with Crippen LogP contribution < -0.4 is 10.2 Å². The van der Waals surface area contributed by atoms with Crippen molar-refractivity contribution < 1.29 is 19.1 Å². The lowest BCUT2D eigenvalue weighted by atomic mass is 10.2. The first kappa shape index (κ1) is 18.9. The van der Waals surface area contributed by atoms with Crippen LogP contribution >= 0.6 is 11.6 Å². The molecule has 0 aromatic heterocycles. The number of esters is 1. The van der Waals surface area contributed by atoms with Crippen LogP contribution in [0.25, 0.3) is 0 Å². The summed E-state index contributed by atoms with van der Waals surface area (Å²) >= 11 is 6.02. The molecule has 0 spiro atoms. The number of halogens is 1. The summed E-state index contributed by atoms with van der Waals surface area (Å²) in [6, 6.07) is 11.8. The summed E-state index contributed by atoms with van der Waals surface area (Å²) in [5.41, 5.74) is 2.25. The number of nitrogens with one attached hydrogen (secondary N) is 1. The third-order valence-electron chi connectivity index (χ3n) is 4.34. The molecule has 0 bridgehead atoms. The van der Waals surface area contributed by atoms with Crippen LogP contribution in [0.15, 0.2) is 42.5 Å². The fourth-order valence-corrected chi connectivity index (χ4v) is 3.04. The van der Waals surface area contributed by atoms with Crippen LogP contribution in [-0.2, 0) is 14.3 Å². The van der Waals surface area contributed by atoms with E-state index in [2.05, 4.69) is 5.32 Å². The highest BCUT2D eigenvalue weighted by molar-refractivity contribution is 6.31. The average molecular weight is 387 g/mol. The number of carbonyl (C=O) groups excluding carboxylic acids is 3. The average Bonchev–Trinajstić information content (AvgIpc) is 3.09. The van der Waals surface area contributed by atoms with Crippen molar-refractivity contribution in [3.05, 3.63) is 58.6 Å². The summed E-state index contributed by atoms with van der Waals surface area (Å²) in [4.78, 5) is 37.8. The number of hydrogen-bond donors (Lipinski definition) is 1. The Labute approximate surface area is 162 Å². The molecule has 0 radical (unpaired) electrons. The lowest BCUT2D eigenvalue weighted by Gasteiger charge is -2.16. The summed E-state index contributed by atoms with van der Waals surface area (Å²) in [5.74, 6) is -1.04. The van der Waals surface area contributed by atoms with Gasteiger partial charge in [0.25, 0.3) is 5.91 Å². The molecule has 140 valence electrons. The third kappa shape index (κ3) is 4.46. The highest BCUT2D eigenvalue weighted by Crippen LogP contribution is 2.24. The highest BCUT2D eigenvalue weighted by Gasteiger charge is 2.22. The second-order valence-electron chi connectivity index (χ2n) is 6.24. The second-order valence-corrected chi connectivity index (χ2v) is 6.64. The Morgan fingerprint density at radius 2 is 2.00 bits per heavy atom. The number of nitrogens with zero attached hydrogens (tertiary/aromatic N) is 1. The summed E-state index contributed by atoms with van der Waals surface area (Å²) in [6.07, 6.45) is 1.31. The minimum absolute atomic E-state index is 0.0387. The minimum atomic E-state index is -0.624. The van der Waals surface area contributed by atoms with Crippen LogP contribution in [0.5, 0.6) is 0 Å². The molecule has 1 N–H and O–H groups in total. The van der Waals surface area contributed by atoms with E-state index in [-0.39, 0.29) is 5.91 Å². The minimum Gasteiger partial charge on any atom is -0.452 e. The van der Waals surface area contributed by atoms with Gasteiger partial charge in [-0.1, -0.05) is 23.7 Å². The van der Waals surface area contributed by atoms with Crippen molar-refractivity contribution in [2.45, 2.75) is 19.8 Å². The van der Waals surface area contributed by atoms with Gasteiger partial charge in [0.15, 0.2) is 6.61 Å². The Balaban J connectivity index is 1.60. The molecule has 1 heterocycles. The molecule has 3 rings (SSSR count). The van der Waals surface area contributed by atoms with Gasteiger partial charge in [-0.2, -0.15) is 0 Å². The molecule has 2 aromatic rings. The van der Waals surface area contributed by atoms with E-state index in [4.69, 9.17) is 16.3 Å². The maximum absolute atomic E-state index is 12.2. The van der Waals surface area contributed by atoms with Gasteiger partial charge < -0.3 is 15.0 Å². The Hall–Kier alpha value is -2.86. The number of rotatable bonds is 5. The zero-order chi connectivity index (χ0) is 19.4. The second kappa shape index (κ2) is 8.22. The van der Waals surface area contributed by atoms with Gasteiger partial charge in [-0.15, -0.1) is 0 Å². The van der Waals surface area contributed by atoms with Crippen molar-refractivity contribution >= 4 is 40.8 Å². The van der Waals surface area contributed by atoms with Gasteiger partial charge in [-0.3, -0.25) is 9.59 Å². The first-order valence-corrected chi connectivity index (χ1v) is 8.96. The molecule has 2 aromatic carbocycles. The predicted octanol–water partition coefficient (Wildman–Crippen LogP) is 3.57. The van der Waals surface area contributed by atoms with E-state index in [1.165, 1.54) is 0 Å². The molecule has 1 fully saturated rings. The van der Waals surface area contributed by atoms with Crippen molar-refractivity contribution in [3.8, 4) is 0 Å². The molecule has 27 heavy (non-hydrogen) atoms. The molecule has 2 amide bonds. The summed E-state index contributed by atoms with van der Waals surface area (Å²) < 4.78 is 5.09. The van der Waals surface area contributed by atoms with Crippen LogP contribution in [0.1, 0.15) is 28.8 Å². The Morgan fingerprint density at radius 1 is 1.22 bits per heavy atom. The normalized spacial score (nSPS) is 13.6. The quantitative estimate of drug-likeness (QED) is 0.797. The Bertz CT molecular complexity index is 897. The Kier molecular flexibility index (Phi) is 5.76. The van der Waals surface area contributed by atoms with E-state index in [9.17, 15) is 14.4 Å². The van der Waals surface area contributed by atoms with E-state index in [0.29, 0.717) is 34.9 Å². The summed E-state index contributed by atoms with van der Waals surface area (Å²) in [5, 5.41) is 3.21. The fraction of sp³-hybridized carbons (Fsp3) is 0.250. The van der Waals surface area contributed by atoms with Crippen molar-refractivity contribution in [1.29, 1.82) is 0 Å². The van der Waals surface area contributed by atoms with E-state index in [1.54, 1.807) is 54.3 Å². The lowest BCUT2D eigenvalue weighted by molar-refractivity contribution is -0.119. The number of hydrogen-bond acceptors (Lipinski definition) is 4. The summed E-state index contributed by atoms with van der Waals surface area (Å²) in [6.45, 7) is 2.01. The molecular formula is C20H19ClN2O4. The lowest BCUT2D eigenvalue weighted by Crippen LogP contribution is -2.24. The summed E-state index contributed by atoms with van der Waals surface area (Å²) in [7, 11) is 0. The first-order valence-electron chi connectivity index (χ1n) is 8.58. The van der Waals surface area contributed by atoms with Crippen LogP contribution in [0.4, 0.5) is 11.4 Å². The standard InChI is InChI=1S/C20H19ClN2O4/c1-13-16(21)7-3-8-17(13)22-18(24)12-27-20(26)14-5-2-6-15(11-14)23-10-4-9-19(23)25/h2-3,5-8,11H,4,9-10,12H2,1H3,(H,22,24). The predicted molar refractivity (Wildman–Crippen MR) is 103 cm³/mol. The van der Waals surface area contributed by atoms with Crippen molar-refractivity contribution in [2.75, 3.05) is 23.4 Å². The van der Waals surface area contributed by atoms with Crippen molar-refractivity contribution in [2.24, 2.45) is 0 Å². The van der Waals surface area contributed by atoms with Gasteiger partial charge in [0.2, 0.25) is 5.91 Å². The highest BCUT2D eigenvalue weighted by atomic mass is 35.5. The monoisotopic (exact) mass is 386 g/mol. The zero-order valence-electron chi connectivity index (χ0n) is 14.8. The molecule has 1 saturated heterocycles. The number of ether oxygens (including phenoxy) is 1. The fourth-order valence-electron chi connectivity index (χ4n) is 2.87. The third-order valence-corrected chi connectivity index (χ3v) is 4.75. The maximum Gasteiger partial charge on any atom is 0.338 e. The van der Waals surface area contributed by atoms with Crippen LogP contribution in [-0.4, -0.2) is 30.9 Å². The van der Waals surface area contributed by atoms with E-state index in [1.807, 2.05) is 0 Å². The topological polar surface area (TPSA) is 75.7 Å². The molecule has 1 aliphatic heterocycles. The van der Waals surface area contributed by atoms with Crippen molar-refractivity contribution in [1.82, 2.24) is 0 Å². The maximum atomic E-state index is 12.2. The number of benzene rings is 2. The molecule has 0 aliphatic carbocycles. The van der Waals surface area contributed by atoms with Gasteiger partial charge in [-0.25, -0.2) is 4.79 Å². The SMILES string of the molecule is Cc1c(Cl)cccc1NC(=O)COC(=O)c1cccc(N2CCCC2=O)c1. The van der Waals surface area contributed by atoms with Gasteiger partial charge in [0.05, 0.1) is 5.56 Å². The van der Waals surface area contributed by atoms with E-state index >= 15 is 0 Å². The zero-order valence-corrected chi connectivity index (χ0v) is 15.6. The van der Waals surface area contributed by atoms with Crippen LogP contribution in [0, 0.1) is 6.92 Å². The molecule has 0 atom stereocenters. The van der Waals surface area contributed by atoms with Crippen LogP contribution in [0.3, 0.4) is 0 Å². The van der Waals surface area contributed by atoms with E-state index in [0.717, 1.165) is 12.0 Å². The number of anilines is 2. The van der Waals surface area contributed by atoms with Gasteiger partial charge in [0, 0.05) is 29.4 Å². The van der Waals surface area contributed by atoms with Crippen molar-refractivity contribution in [3.63, 3.8) is 0 Å².